The lowest BCUT2D eigenvalue weighted by Crippen LogP contribution is -2.40. The summed E-state index contributed by atoms with van der Waals surface area (Å²) in [6.45, 7) is 3.01. The second-order valence-electron chi connectivity index (χ2n) is 6.75. The summed E-state index contributed by atoms with van der Waals surface area (Å²) in [5.74, 6) is 0.0443. The van der Waals surface area contributed by atoms with Crippen LogP contribution in [0.1, 0.15) is 56.7 Å². The van der Waals surface area contributed by atoms with E-state index in [4.69, 9.17) is 0 Å². The lowest BCUT2D eigenvalue weighted by atomic mass is 9.90. The molecule has 1 aliphatic carbocycles. The highest BCUT2D eigenvalue weighted by Gasteiger charge is 2.37. The van der Waals surface area contributed by atoms with Crippen molar-refractivity contribution in [1.82, 2.24) is 25.4 Å². The summed E-state index contributed by atoms with van der Waals surface area (Å²) in [6.07, 6.45) is 1.45. The van der Waals surface area contributed by atoms with Crippen molar-refractivity contribution in [3.05, 3.63) is 11.6 Å². The Kier molecular flexibility index (Phi) is 4.69. The van der Waals surface area contributed by atoms with Crippen molar-refractivity contribution < 1.29 is 18.0 Å². The second kappa shape index (κ2) is 6.60. The molecule has 2 fully saturated rings. The Morgan fingerprint density at radius 3 is 2.62 bits per heavy atom. The minimum atomic E-state index is -4.60. The van der Waals surface area contributed by atoms with E-state index in [1.807, 2.05) is 0 Å². The number of likely N-dealkylation sites (tertiary alicyclic amines) is 1. The van der Waals surface area contributed by atoms with Crippen LogP contribution < -0.4 is 5.32 Å². The SMILES string of the molecule is CC(NC(=O)N1CCC(C2CCCC2)C1)c1nc(C(F)(F)F)n[nH]1. The monoisotopic (exact) mass is 345 g/mol. The van der Waals surface area contributed by atoms with Gasteiger partial charge in [0, 0.05) is 13.1 Å². The summed E-state index contributed by atoms with van der Waals surface area (Å²) in [7, 11) is 0. The minimum absolute atomic E-state index is 0.00205. The standard InChI is InChI=1S/C15H22F3N5O/c1-9(12-20-13(22-21-12)15(16,17)18)19-14(24)23-7-6-11(8-23)10-4-2-3-5-10/h9-11H,2-8H2,1H3,(H,19,24)(H,20,21,22). The van der Waals surface area contributed by atoms with Gasteiger partial charge in [0.1, 0.15) is 5.82 Å². The molecule has 2 amide bonds. The first-order valence-corrected chi connectivity index (χ1v) is 8.39. The highest BCUT2D eigenvalue weighted by molar-refractivity contribution is 5.74. The zero-order chi connectivity index (χ0) is 17.3. The molecule has 0 radical (unpaired) electrons. The number of nitrogens with one attached hydrogen (secondary N) is 2. The van der Waals surface area contributed by atoms with E-state index in [0.29, 0.717) is 18.4 Å². The molecule has 2 heterocycles. The van der Waals surface area contributed by atoms with Crippen LogP contribution >= 0.6 is 0 Å². The number of carbonyl (C=O) groups excluding carboxylic acids is 1. The Bertz CT molecular complexity index is 582. The molecule has 1 aromatic rings. The largest absolute Gasteiger partial charge is 0.453 e. The van der Waals surface area contributed by atoms with Gasteiger partial charge in [-0.3, -0.25) is 5.10 Å². The van der Waals surface area contributed by atoms with Crippen LogP contribution in [0.15, 0.2) is 0 Å². The molecule has 134 valence electrons. The van der Waals surface area contributed by atoms with Crippen LogP contribution in [-0.2, 0) is 6.18 Å². The van der Waals surface area contributed by atoms with Gasteiger partial charge in [0.2, 0.25) is 0 Å². The molecule has 2 unspecified atom stereocenters. The lowest BCUT2D eigenvalue weighted by Gasteiger charge is -2.21. The first-order chi connectivity index (χ1) is 11.3. The Hall–Kier alpha value is -1.80. The maximum absolute atomic E-state index is 12.5. The van der Waals surface area contributed by atoms with Crippen molar-refractivity contribution in [1.29, 1.82) is 0 Å². The molecule has 1 aliphatic heterocycles. The number of amides is 2. The Balaban J connectivity index is 1.54. The summed E-state index contributed by atoms with van der Waals surface area (Å²) >= 11 is 0. The zero-order valence-electron chi connectivity index (χ0n) is 13.6. The maximum Gasteiger partial charge on any atom is 0.453 e. The average molecular weight is 345 g/mol. The Labute approximate surface area is 138 Å². The van der Waals surface area contributed by atoms with Crippen LogP contribution in [0, 0.1) is 11.8 Å². The molecule has 9 heteroatoms. The molecular weight excluding hydrogens is 323 g/mol. The highest BCUT2D eigenvalue weighted by atomic mass is 19.4. The normalized spacial score (nSPS) is 23.7. The van der Waals surface area contributed by atoms with E-state index >= 15 is 0 Å². The summed E-state index contributed by atoms with van der Waals surface area (Å²) < 4.78 is 37.6. The number of aromatic nitrogens is 3. The van der Waals surface area contributed by atoms with Gasteiger partial charge in [-0.25, -0.2) is 9.78 Å². The molecule has 2 atom stereocenters. The molecule has 0 spiro atoms. The number of H-pyrrole nitrogens is 1. The molecular formula is C15H22F3N5O. The molecule has 1 saturated carbocycles. The second-order valence-corrected chi connectivity index (χ2v) is 6.75. The number of urea groups is 1. The molecule has 1 aromatic heterocycles. The van der Waals surface area contributed by atoms with Gasteiger partial charge in [0.15, 0.2) is 0 Å². The third-order valence-electron chi connectivity index (χ3n) is 5.08. The van der Waals surface area contributed by atoms with Gasteiger partial charge < -0.3 is 10.2 Å². The molecule has 1 saturated heterocycles. The van der Waals surface area contributed by atoms with Crippen molar-refractivity contribution in [3.8, 4) is 0 Å². The van der Waals surface area contributed by atoms with Crippen LogP contribution in [-0.4, -0.2) is 39.2 Å². The van der Waals surface area contributed by atoms with Crippen LogP contribution in [0.2, 0.25) is 0 Å². The quantitative estimate of drug-likeness (QED) is 0.884. The fourth-order valence-electron chi connectivity index (χ4n) is 3.72. The zero-order valence-corrected chi connectivity index (χ0v) is 13.6. The smallest absolute Gasteiger partial charge is 0.328 e. The lowest BCUT2D eigenvalue weighted by molar-refractivity contribution is -0.144. The van der Waals surface area contributed by atoms with Gasteiger partial charge >= 0.3 is 12.2 Å². The van der Waals surface area contributed by atoms with Crippen molar-refractivity contribution in [2.24, 2.45) is 11.8 Å². The van der Waals surface area contributed by atoms with Crippen LogP contribution in [0.3, 0.4) is 0 Å². The number of aromatic amines is 1. The number of nitrogens with zero attached hydrogens (tertiary/aromatic N) is 3. The summed E-state index contributed by atoms with van der Waals surface area (Å²) in [5.41, 5.74) is 0. The van der Waals surface area contributed by atoms with E-state index in [9.17, 15) is 18.0 Å². The van der Waals surface area contributed by atoms with Gasteiger partial charge in [-0.15, -0.1) is 5.10 Å². The number of rotatable bonds is 3. The van der Waals surface area contributed by atoms with Crippen molar-refractivity contribution in [3.63, 3.8) is 0 Å². The fourth-order valence-corrected chi connectivity index (χ4v) is 3.72. The predicted molar refractivity (Wildman–Crippen MR) is 80.0 cm³/mol. The van der Waals surface area contributed by atoms with Crippen molar-refractivity contribution >= 4 is 6.03 Å². The molecule has 2 aliphatic rings. The van der Waals surface area contributed by atoms with Gasteiger partial charge in [-0.05, 0) is 25.2 Å². The van der Waals surface area contributed by atoms with Crippen LogP contribution in [0.25, 0.3) is 0 Å². The first-order valence-electron chi connectivity index (χ1n) is 8.39. The van der Waals surface area contributed by atoms with Crippen LogP contribution in [0.5, 0.6) is 0 Å². The number of hydrogen-bond acceptors (Lipinski definition) is 3. The number of carbonyl (C=O) groups is 1. The Morgan fingerprint density at radius 2 is 2.00 bits per heavy atom. The summed E-state index contributed by atoms with van der Waals surface area (Å²) in [5, 5.41) is 8.10. The average Bonchev–Trinajstić information content (AvgIpc) is 3.25. The predicted octanol–water partition coefficient (Wildman–Crippen LogP) is 3.11. The minimum Gasteiger partial charge on any atom is -0.328 e. The topological polar surface area (TPSA) is 73.9 Å². The first kappa shape index (κ1) is 17.0. The summed E-state index contributed by atoms with van der Waals surface area (Å²) in [4.78, 5) is 17.5. The molecule has 6 nitrogen and oxygen atoms in total. The van der Waals surface area contributed by atoms with E-state index in [1.54, 1.807) is 11.8 Å². The Morgan fingerprint density at radius 1 is 1.29 bits per heavy atom. The highest BCUT2D eigenvalue weighted by Crippen LogP contribution is 2.36. The van der Waals surface area contributed by atoms with E-state index < -0.39 is 18.0 Å². The number of alkyl halides is 3. The summed E-state index contributed by atoms with van der Waals surface area (Å²) in [6, 6.07) is -0.917. The number of hydrogen-bond donors (Lipinski definition) is 2. The van der Waals surface area contributed by atoms with Crippen molar-refractivity contribution in [2.45, 2.75) is 51.2 Å². The third kappa shape index (κ3) is 3.64. The van der Waals surface area contributed by atoms with Crippen LogP contribution in [0.4, 0.5) is 18.0 Å². The van der Waals surface area contributed by atoms with E-state index in [0.717, 1.165) is 13.0 Å². The van der Waals surface area contributed by atoms with Gasteiger partial charge in [-0.2, -0.15) is 13.2 Å². The van der Waals surface area contributed by atoms with Gasteiger partial charge in [-0.1, -0.05) is 25.7 Å². The van der Waals surface area contributed by atoms with Gasteiger partial charge in [0.25, 0.3) is 5.82 Å². The van der Waals surface area contributed by atoms with E-state index in [1.165, 1.54) is 25.7 Å². The van der Waals surface area contributed by atoms with E-state index in [2.05, 4.69) is 20.5 Å². The molecule has 0 bridgehead atoms. The maximum atomic E-state index is 12.5. The molecule has 2 N–H and O–H groups in total. The number of halogens is 3. The fraction of sp³-hybridized carbons (Fsp3) is 0.800. The van der Waals surface area contributed by atoms with E-state index in [-0.39, 0.29) is 11.9 Å². The third-order valence-corrected chi connectivity index (χ3v) is 5.08. The molecule has 24 heavy (non-hydrogen) atoms. The molecule has 3 rings (SSSR count). The molecule has 0 aromatic carbocycles. The van der Waals surface area contributed by atoms with Gasteiger partial charge in [0.05, 0.1) is 6.04 Å². The van der Waals surface area contributed by atoms with Crippen molar-refractivity contribution in [2.75, 3.05) is 13.1 Å².